The average Bonchev–Trinajstić information content (AvgIpc) is 3.44. The van der Waals surface area contributed by atoms with Gasteiger partial charge in [-0.3, -0.25) is 4.79 Å². The molecule has 2 aromatic carbocycles. The van der Waals surface area contributed by atoms with E-state index in [1.54, 1.807) is 18.2 Å². The summed E-state index contributed by atoms with van der Waals surface area (Å²) in [5.41, 5.74) is 2.43. The van der Waals surface area contributed by atoms with Crippen LogP contribution in [0.1, 0.15) is 35.6 Å². The number of morpholine rings is 1. The van der Waals surface area contributed by atoms with Gasteiger partial charge in [-0.15, -0.1) is 0 Å². The van der Waals surface area contributed by atoms with Crippen molar-refractivity contribution in [2.75, 3.05) is 19.7 Å². The normalized spacial score (nSPS) is 21.8. The third kappa shape index (κ3) is 2.85. The first-order valence-corrected chi connectivity index (χ1v) is 8.83. The molecule has 1 amide bonds. The van der Waals surface area contributed by atoms with Crippen LogP contribution in [0.2, 0.25) is 0 Å². The van der Waals surface area contributed by atoms with Gasteiger partial charge in [0.1, 0.15) is 11.9 Å². The van der Waals surface area contributed by atoms with Crippen molar-refractivity contribution >= 4 is 5.91 Å². The average molecular weight is 339 g/mol. The van der Waals surface area contributed by atoms with Crippen LogP contribution in [0.3, 0.4) is 0 Å². The van der Waals surface area contributed by atoms with E-state index in [1.165, 1.54) is 6.07 Å². The van der Waals surface area contributed by atoms with Crippen LogP contribution in [-0.4, -0.2) is 30.5 Å². The summed E-state index contributed by atoms with van der Waals surface area (Å²) in [6, 6.07) is 14.8. The van der Waals surface area contributed by atoms with Crippen LogP contribution in [0.25, 0.3) is 0 Å². The number of benzene rings is 2. The molecule has 1 saturated heterocycles. The maximum absolute atomic E-state index is 14.1. The molecule has 1 saturated carbocycles. The van der Waals surface area contributed by atoms with Crippen molar-refractivity contribution in [1.82, 2.24) is 4.90 Å². The van der Waals surface area contributed by atoms with Gasteiger partial charge in [-0.05, 0) is 37.0 Å². The Bertz CT molecular complexity index is 800. The van der Waals surface area contributed by atoms with E-state index < -0.39 is 6.10 Å². The summed E-state index contributed by atoms with van der Waals surface area (Å²) < 4.78 is 19.8. The van der Waals surface area contributed by atoms with Crippen molar-refractivity contribution < 1.29 is 13.9 Å². The summed E-state index contributed by atoms with van der Waals surface area (Å²) >= 11 is 0. The Morgan fingerprint density at radius 2 is 1.88 bits per heavy atom. The standard InChI is InChI=1S/C21H22FNO2/c1-15-6-2-4-8-17(15)21(10-11-21)20(24)23-12-13-25-19(14-23)16-7-3-5-9-18(16)22/h2-9,19H,10-14H2,1H3. The molecule has 25 heavy (non-hydrogen) atoms. The number of ether oxygens (including phenoxy) is 1. The Labute approximate surface area is 147 Å². The molecule has 1 heterocycles. The largest absolute Gasteiger partial charge is 0.370 e. The molecular formula is C21H22FNO2. The van der Waals surface area contributed by atoms with Crippen molar-refractivity contribution in [3.8, 4) is 0 Å². The minimum atomic E-state index is -0.397. The second-order valence-electron chi connectivity index (χ2n) is 7.03. The van der Waals surface area contributed by atoms with E-state index in [0.717, 1.165) is 24.0 Å². The van der Waals surface area contributed by atoms with Crippen molar-refractivity contribution in [2.24, 2.45) is 0 Å². The number of halogens is 1. The Morgan fingerprint density at radius 1 is 1.16 bits per heavy atom. The topological polar surface area (TPSA) is 29.5 Å². The lowest BCUT2D eigenvalue weighted by Gasteiger charge is -2.36. The number of carbonyl (C=O) groups excluding carboxylic acids is 1. The molecule has 1 aliphatic carbocycles. The molecule has 0 spiro atoms. The summed E-state index contributed by atoms with van der Waals surface area (Å²) in [4.78, 5) is 15.1. The first kappa shape index (κ1) is 16.3. The molecule has 0 radical (unpaired) electrons. The van der Waals surface area contributed by atoms with E-state index in [9.17, 15) is 9.18 Å². The predicted octanol–water partition coefficient (Wildman–Crippen LogP) is 3.77. The third-order valence-corrected chi connectivity index (χ3v) is 5.43. The Balaban J connectivity index is 1.57. The van der Waals surface area contributed by atoms with Gasteiger partial charge in [0, 0.05) is 12.1 Å². The van der Waals surface area contributed by atoms with Crippen molar-refractivity contribution in [3.05, 3.63) is 71.0 Å². The van der Waals surface area contributed by atoms with Gasteiger partial charge in [0.25, 0.3) is 0 Å². The Kier molecular flexibility index (Phi) is 4.08. The fourth-order valence-electron chi connectivity index (χ4n) is 3.89. The molecule has 1 atom stereocenters. The maximum atomic E-state index is 14.1. The highest BCUT2D eigenvalue weighted by molar-refractivity contribution is 5.91. The van der Waals surface area contributed by atoms with Gasteiger partial charge in [-0.1, -0.05) is 42.5 Å². The minimum Gasteiger partial charge on any atom is -0.370 e. The highest BCUT2D eigenvalue weighted by atomic mass is 19.1. The summed E-state index contributed by atoms with van der Waals surface area (Å²) in [5, 5.41) is 0. The molecule has 1 aliphatic heterocycles. The monoisotopic (exact) mass is 339 g/mol. The number of rotatable bonds is 3. The first-order chi connectivity index (χ1) is 12.1. The lowest BCUT2D eigenvalue weighted by molar-refractivity contribution is -0.142. The molecule has 4 heteroatoms. The molecule has 0 aromatic heterocycles. The number of aryl methyl sites for hydroxylation is 1. The SMILES string of the molecule is Cc1ccccc1C1(C(=O)N2CCOC(c3ccccc3F)C2)CC1. The van der Waals surface area contributed by atoms with Crippen LogP contribution >= 0.6 is 0 Å². The fourth-order valence-corrected chi connectivity index (χ4v) is 3.89. The molecule has 1 unspecified atom stereocenters. The summed E-state index contributed by atoms with van der Waals surface area (Å²) in [6.07, 6.45) is 1.38. The summed E-state index contributed by atoms with van der Waals surface area (Å²) in [5.74, 6) is -0.117. The van der Waals surface area contributed by atoms with Gasteiger partial charge in [0.2, 0.25) is 5.91 Å². The lowest BCUT2D eigenvalue weighted by Crippen LogP contribution is -2.47. The molecule has 0 bridgehead atoms. The number of carbonyl (C=O) groups is 1. The maximum Gasteiger partial charge on any atom is 0.233 e. The van der Waals surface area contributed by atoms with Gasteiger partial charge >= 0.3 is 0 Å². The van der Waals surface area contributed by atoms with Gasteiger partial charge in [-0.25, -0.2) is 4.39 Å². The van der Waals surface area contributed by atoms with Crippen molar-refractivity contribution in [2.45, 2.75) is 31.3 Å². The number of hydrogen-bond donors (Lipinski definition) is 0. The van der Waals surface area contributed by atoms with Crippen LogP contribution < -0.4 is 0 Å². The van der Waals surface area contributed by atoms with E-state index in [2.05, 4.69) is 19.1 Å². The van der Waals surface area contributed by atoms with E-state index in [4.69, 9.17) is 4.74 Å². The number of hydrogen-bond acceptors (Lipinski definition) is 2. The van der Waals surface area contributed by atoms with E-state index in [0.29, 0.717) is 25.3 Å². The first-order valence-electron chi connectivity index (χ1n) is 8.83. The predicted molar refractivity (Wildman–Crippen MR) is 93.8 cm³/mol. The Morgan fingerprint density at radius 3 is 2.60 bits per heavy atom. The Hall–Kier alpha value is -2.20. The van der Waals surface area contributed by atoms with Crippen LogP contribution in [0.15, 0.2) is 48.5 Å². The smallest absolute Gasteiger partial charge is 0.233 e. The van der Waals surface area contributed by atoms with Crippen LogP contribution in [0, 0.1) is 12.7 Å². The number of amides is 1. The summed E-state index contributed by atoms with van der Waals surface area (Å²) in [6.45, 7) is 3.48. The molecule has 130 valence electrons. The van der Waals surface area contributed by atoms with Crippen molar-refractivity contribution in [1.29, 1.82) is 0 Å². The minimum absolute atomic E-state index is 0.159. The van der Waals surface area contributed by atoms with Gasteiger partial charge in [-0.2, -0.15) is 0 Å². The second-order valence-corrected chi connectivity index (χ2v) is 7.03. The van der Waals surface area contributed by atoms with Gasteiger partial charge in [0.15, 0.2) is 0 Å². The molecule has 3 nitrogen and oxygen atoms in total. The molecule has 2 fully saturated rings. The molecule has 0 N–H and O–H groups in total. The van der Waals surface area contributed by atoms with Crippen molar-refractivity contribution in [3.63, 3.8) is 0 Å². The molecular weight excluding hydrogens is 317 g/mol. The summed E-state index contributed by atoms with van der Waals surface area (Å²) in [7, 11) is 0. The van der Waals surface area contributed by atoms with E-state index in [-0.39, 0.29) is 17.1 Å². The number of nitrogens with zero attached hydrogens (tertiary/aromatic N) is 1. The van der Waals surface area contributed by atoms with Crippen LogP contribution in [0.5, 0.6) is 0 Å². The quantitative estimate of drug-likeness (QED) is 0.852. The van der Waals surface area contributed by atoms with E-state index in [1.807, 2.05) is 17.0 Å². The van der Waals surface area contributed by atoms with Crippen LogP contribution in [-0.2, 0) is 14.9 Å². The second kappa shape index (κ2) is 6.26. The fraction of sp³-hybridized carbons (Fsp3) is 0.381. The third-order valence-electron chi connectivity index (χ3n) is 5.43. The molecule has 2 aliphatic rings. The highest BCUT2D eigenvalue weighted by Gasteiger charge is 2.54. The zero-order valence-corrected chi connectivity index (χ0v) is 14.4. The molecule has 2 aromatic rings. The van der Waals surface area contributed by atoms with Gasteiger partial charge < -0.3 is 9.64 Å². The zero-order valence-electron chi connectivity index (χ0n) is 14.4. The molecule has 4 rings (SSSR count). The van der Waals surface area contributed by atoms with Gasteiger partial charge in [0.05, 0.1) is 18.6 Å². The van der Waals surface area contributed by atoms with E-state index >= 15 is 0 Å². The zero-order chi connectivity index (χ0) is 17.4. The van der Waals surface area contributed by atoms with Crippen LogP contribution in [0.4, 0.5) is 4.39 Å². The highest BCUT2D eigenvalue weighted by Crippen LogP contribution is 2.51. The lowest BCUT2D eigenvalue weighted by atomic mass is 9.90.